The molecule has 0 aromatic heterocycles. The van der Waals surface area contributed by atoms with Crippen molar-refractivity contribution >= 4 is 23.9 Å². The largest absolute Gasteiger partial charge is 0.490 e. The number of carbonyl (C=O) groups excluding carboxylic acids is 3. The van der Waals surface area contributed by atoms with Crippen LogP contribution in [0, 0.1) is 0 Å². The highest BCUT2D eigenvalue weighted by Crippen LogP contribution is 2.19. The molecule has 0 atom stereocenters. The maximum Gasteiger partial charge on any atom is 0.333 e. The van der Waals surface area contributed by atoms with Gasteiger partial charge in [-0.15, -0.1) is 0 Å². The quantitative estimate of drug-likeness (QED) is 0.482. The van der Waals surface area contributed by atoms with Gasteiger partial charge in [0.25, 0.3) is 11.8 Å². The number of hydrogen-bond donors (Lipinski definition) is 0. The van der Waals surface area contributed by atoms with E-state index in [9.17, 15) is 14.4 Å². The number of carbonyl (C=O) groups is 3. The topological polar surface area (TPSA) is 66.9 Å². The van der Waals surface area contributed by atoms with E-state index in [4.69, 9.17) is 4.74 Å². The van der Waals surface area contributed by atoms with Crippen LogP contribution in [-0.2, 0) is 9.59 Å². The molecule has 1 aromatic rings. The van der Waals surface area contributed by atoms with Crippen molar-refractivity contribution in [1.82, 2.24) is 9.80 Å². The van der Waals surface area contributed by atoms with E-state index in [1.54, 1.807) is 30.3 Å². The lowest BCUT2D eigenvalue weighted by molar-refractivity contribution is -0.134. The van der Waals surface area contributed by atoms with Crippen LogP contribution >= 0.6 is 0 Å². The first kappa shape index (κ1) is 15.5. The lowest BCUT2D eigenvalue weighted by Gasteiger charge is -2.28. The van der Waals surface area contributed by atoms with Gasteiger partial charge in [0.2, 0.25) is 0 Å². The number of amides is 4. The molecule has 2 rings (SSSR count). The highest BCUT2D eigenvalue weighted by Gasteiger charge is 2.37. The minimum Gasteiger partial charge on any atom is -0.490 e. The predicted octanol–water partition coefficient (Wildman–Crippen LogP) is 1.69. The van der Waals surface area contributed by atoms with Crippen molar-refractivity contribution in [3.8, 4) is 5.75 Å². The molecular formula is C16H16N2O4. The van der Waals surface area contributed by atoms with E-state index >= 15 is 0 Å². The summed E-state index contributed by atoms with van der Waals surface area (Å²) in [5, 5.41) is 0. The molecule has 6 heteroatoms. The van der Waals surface area contributed by atoms with Crippen LogP contribution in [0.1, 0.15) is 5.56 Å². The van der Waals surface area contributed by atoms with Gasteiger partial charge in [0.05, 0.1) is 0 Å². The van der Waals surface area contributed by atoms with E-state index in [0.29, 0.717) is 17.9 Å². The first-order chi connectivity index (χ1) is 10.5. The number of nitrogens with zero attached hydrogens (tertiary/aromatic N) is 2. The first-order valence-electron chi connectivity index (χ1n) is 6.61. The van der Waals surface area contributed by atoms with Crippen LogP contribution in [0.3, 0.4) is 0 Å². The van der Waals surface area contributed by atoms with Gasteiger partial charge in [-0.1, -0.05) is 24.8 Å². The minimum absolute atomic E-state index is 0.0515. The van der Waals surface area contributed by atoms with Crippen LogP contribution in [0.15, 0.2) is 42.5 Å². The van der Waals surface area contributed by atoms with E-state index in [1.165, 1.54) is 20.2 Å². The van der Waals surface area contributed by atoms with Gasteiger partial charge in [-0.25, -0.2) is 4.79 Å². The Balaban J connectivity index is 2.27. The second kappa shape index (κ2) is 6.26. The molecule has 114 valence electrons. The van der Waals surface area contributed by atoms with E-state index < -0.39 is 17.8 Å². The third-order valence-corrected chi connectivity index (χ3v) is 3.20. The molecule has 4 amide bonds. The highest BCUT2D eigenvalue weighted by atomic mass is 16.5. The second-order valence-corrected chi connectivity index (χ2v) is 4.74. The lowest BCUT2D eigenvalue weighted by atomic mass is 10.1. The van der Waals surface area contributed by atoms with Crippen molar-refractivity contribution < 1.29 is 19.1 Å². The molecule has 0 radical (unpaired) electrons. The van der Waals surface area contributed by atoms with Crippen LogP contribution < -0.4 is 4.74 Å². The number of benzene rings is 1. The zero-order chi connectivity index (χ0) is 16.3. The summed E-state index contributed by atoms with van der Waals surface area (Å²) in [6, 6.07) is 6.27. The van der Waals surface area contributed by atoms with Crippen LogP contribution in [-0.4, -0.2) is 48.3 Å². The molecule has 1 saturated heterocycles. The van der Waals surface area contributed by atoms with E-state index in [2.05, 4.69) is 6.58 Å². The van der Waals surface area contributed by atoms with Crippen LogP contribution in [0.25, 0.3) is 6.08 Å². The molecule has 0 aliphatic carbocycles. The Kier molecular flexibility index (Phi) is 4.41. The molecule has 6 nitrogen and oxygen atoms in total. The monoisotopic (exact) mass is 300 g/mol. The number of barbiturate groups is 1. The maximum atomic E-state index is 12.1. The molecule has 0 unspecified atom stereocenters. The normalized spacial score (nSPS) is 15.2. The summed E-state index contributed by atoms with van der Waals surface area (Å²) < 4.78 is 5.36. The third kappa shape index (κ3) is 2.90. The minimum atomic E-state index is -0.639. The zero-order valence-electron chi connectivity index (χ0n) is 12.4. The number of urea groups is 1. The summed E-state index contributed by atoms with van der Waals surface area (Å²) in [7, 11) is 2.68. The molecule has 0 spiro atoms. The number of likely N-dealkylation sites (N-methyl/N-ethyl adjacent to an activating group) is 2. The average Bonchev–Trinajstić information content (AvgIpc) is 2.54. The molecule has 0 bridgehead atoms. The van der Waals surface area contributed by atoms with Crippen molar-refractivity contribution in [3.63, 3.8) is 0 Å². The smallest absolute Gasteiger partial charge is 0.333 e. The molecule has 0 N–H and O–H groups in total. The fourth-order valence-corrected chi connectivity index (χ4v) is 1.96. The van der Waals surface area contributed by atoms with Crippen molar-refractivity contribution in [3.05, 3.63) is 48.1 Å². The van der Waals surface area contributed by atoms with Crippen molar-refractivity contribution in [2.45, 2.75) is 0 Å². The number of rotatable bonds is 4. The molecule has 1 heterocycles. The molecular weight excluding hydrogens is 284 g/mol. The van der Waals surface area contributed by atoms with Gasteiger partial charge in [-0.05, 0) is 23.8 Å². The number of hydrogen-bond acceptors (Lipinski definition) is 4. The third-order valence-electron chi connectivity index (χ3n) is 3.20. The van der Waals surface area contributed by atoms with E-state index in [0.717, 1.165) is 9.80 Å². The van der Waals surface area contributed by atoms with Gasteiger partial charge in [0.15, 0.2) is 0 Å². The Morgan fingerprint density at radius 3 is 2.09 bits per heavy atom. The average molecular weight is 300 g/mol. The molecule has 1 aliphatic rings. The predicted molar refractivity (Wildman–Crippen MR) is 81.0 cm³/mol. The van der Waals surface area contributed by atoms with E-state index in [-0.39, 0.29) is 5.57 Å². The Morgan fingerprint density at radius 2 is 1.59 bits per heavy atom. The highest BCUT2D eigenvalue weighted by molar-refractivity contribution is 6.30. The molecule has 1 aliphatic heterocycles. The second-order valence-electron chi connectivity index (χ2n) is 4.74. The summed E-state index contributed by atoms with van der Waals surface area (Å²) in [6.45, 7) is 3.96. The van der Waals surface area contributed by atoms with Crippen molar-refractivity contribution in [2.24, 2.45) is 0 Å². The number of ether oxygens (including phenoxy) is 1. The van der Waals surface area contributed by atoms with E-state index in [1.807, 2.05) is 0 Å². The Bertz CT molecular complexity index is 635. The maximum absolute atomic E-state index is 12.1. The SMILES string of the molecule is C=CCOc1ccc(C=C2C(=O)N(C)C(=O)N(C)C2=O)cc1. The lowest BCUT2D eigenvalue weighted by Crippen LogP contribution is -2.52. The van der Waals surface area contributed by atoms with Crippen LogP contribution in [0.2, 0.25) is 0 Å². The Morgan fingerprint density at radius 1 is 1.05 bits per heavy atom. The van der Waals surface area contributed by atoms with Gasteiger partial charge in [0.1, 0.15) is 17.9 Å². The summed E-state index contributed by atoms with van der Waals surface area (Å²) >= 11 is 0. The first-order valence-corrected chi connectivity index (χ1v) is 6.61. The van der Waals surface area contributed by atoms with Gasteiger partial charge in [-0.3, -0.25) is 19.4 Å². The molecule has 0 saturated carbocycles. The summed E-state index contributed by atoms with van der Waals surface area (Å²) in [6.07, 6.45) is 3.10. The standard InChI is InChI=1S/C16H16N2O4/c1-4-9-22-12-7-5-11(6-8-12)10-13-14(19)17(2)16(21)18(3)15(13)20/h4-8,10H,1,9H2,2-3H3. The number of imide groups is 2. The van der Waals surface area contributed by atoms with Crippen molar-refractivity contribution in [2.75, 3.05) is 20.7 Å². The molecule has 22 heavy (non-hydrogen) atoms. The summed E-state index contributed by atoms with van der Waals surface area (Å²) in [5.41, 5.74) is 0.614. The van der Waals surface area contributed by atoms with Gasteiger partial charge < -0.3 is 4.74 Å². The summed E-state index contributed by atoms with van der Waals surface area (Å²) in [4.78, 5) is 37.6. The molecule has 1 aromatic carbocycles. The van der Waals surface area contributed by atoms with Gasteiger partial charge in [0, 0.05) is 14.1 Å². The van der Waals surface area contributed by atoms with Crippen molar-refractivity contribution in [1.29, 1.82) is 0 Å². The van der Waals surface area contributed by atoms with Gasteiger partial charge >= 0.3 is 6.03 Å². The fraction of sp³-hybridized carbons (Fsp3) is 0.188. The van der Waals surface area contributed by atoms with Gasteiger partial charge in [-0.2, -0.15) is 0 Å². The Labute approximate surface area is 128 Å². The molecule has 1 fully saturated rings. The summed E-state index contributed by atoms with van der Waals surface area (Å²) in [5.74, 6) is -0.562. The fourth-order valence-electron chi connectivity index (χ4n) is 1.96. The zero-order valence-corrected chi connectivity index (χ0v) is 12.4. The van der Waals surface area contributed by atoms with Crippen LogP contribution in [0.4, 0.5) is 4.79 Å². The van der Waals surface area contributed by atoms with Crippen LogP contribution in [0.5, 0.6) is 5.75 Å². The Hall–Kier alpha value is -2.89.